The number of nitrogens with one attached hydrogen (secondary N) is 2. The summed E-state index contributed by atoms with van der Waals surface area (Å²) in [5.41, 5.74) is 1.32. The van der Waals surface area contributed by atoms with Crippen LogP contribution in [0.3, 0.4) is 0 Å². The summed E-state index contributed by atoms with van der Waals surface area (Å²) in [6.45, 7) is 1.26. The molecule has 0 radical (unpaired) electrons. The topological polar surface area (TPSA) is 93.6 Å². The molecule has 2 aromatic rings. The monoisotopic (exact) mass is 522 g/mol. The van der Waals surface area contributed by atoms with Crippen molar-refractivity contribution in [2.45, 2.75) is 49.5 Å². The maximum Gasteiger partial charge on any atom is 0.266 e. The highest BCUT2D eigenvalue weighted by Crippen LogP contribution is 2.28. The Balaban J connectivity index is 1.34. The van der Waals surface area contributed by atoms with E-state index in [4.69, 9.17) is 28.6 Å². The van der Waals surface area contributed by atoms with E-state index in [0.29, 0.717) is 41.7 Å². The fourth-order valence-electron chi connectivity index (χ4n) is 4.55. The molecular formula is C24H28Cl2N4O3S. The second-order valence-corrected chi connectivity index (χ2v) is 11.3. The van der Waals surface area contributed by atoms with Crippen LogP contribution in [0.2, 0.25) is 10.0 Å². The Kier molecular flexibility index (Phi) is 7.70. The van der Waals surface area contributed by atoms with Gasteiger partial charge in [-0.15, -0.1) is 0 Å². The molecule has 4 rings (SSSR count). The average Bonchev–Trinajstić information content (AvgIpc) is 3.23. The van der Waals surface area contributed by atoms with Gasteiger partial charge in [-0.05, 0) is 55.2 Å². The summed E-state index contributed by atoms with van der Waals surface area (Å²) >= 11 is 11.8. The van der Waals surface area contributed by atoms with Crippen molar-refractivity contribution in [1.82, 2.24) is 14.5 Å². The van der Waals surface area contributed by atoms with Crippen LogP contribution in [-0.4, -0.2) is 55.2 Å². The van der Waals surface area contributed by atoms with Crippen molar-refractivity contribution in [1.29, 1.82) is 5.41 Å². The number of halogens is 2. The molecule has 34 heavy (non-hydrogen) atoms. The van der Waals surface area contributed by atoms with Crippen molar-refractivity contribution in [3.63, 3.8) is 0 Å². The number of hydrogen-bond donors (Lipinski definition) is 2. The molecule has 1 aliphatic heterocycles. The van der Waals surface area contributed by atoms with Crippen LogP contribution in [0.25, 0.3) is 0 Å². The molecule has 0 bridgehead atoms. The Bertz CT molecular complexity index is 1170. The molecule has 10 heteroatoms. The number of rotatable bonds is 7. The van der Waals surface area contributed by atoms with E-state index in [9.17, 15) is 13.2 Å². The molecule has 0 atom stereocenters. The van der Waals surface area contributed by atoms with Gasteiger partial charge in [-0.25, -0.2) is 12.7 Å². The van der Waals surface area contributed by atoms with Gasteiger partial charge in [0.1, 0.15) is 0 Å². The Morgan fingerprint density at radius 1 is 1.00 bits per heavy atom. The van der Waals surface area contributed by atoms with Crippen LogP contribution in [0, 0.1) is 5.41 Å². The van der Waals surface area contributed by atoms with Crippen molar-refractivity contribution in [3.8, 4) is 0 Å². The second kappa shape index (κ2) is 10.5. The second-order valence-electron chi connectivity index (χ2n) is 8.66. The Morgan fingerprint density at radius 3 is 2.38 bits per heavy atom. The molecule has 0 aromatic heterocycles. The molecule has 0 spiro atoms. The fraction of sp³-hybridized carbons (Fsp3) is 0.417. The molecule has 0 unspecified atom stereocenters. The van der Waals surface area contributed by atoms with Gasteiger partial charge in [0.15, 0.2) is 0 Å². The van der Waals surface area contributed by atoms with Gasteiger partial charge in [0, 0.05) is 24.7 Å². The fourth-order valence-corrected chi connectivity index (χ4v) is 6.24. The summed E-state index contributed by atoms with van der Waals surface area (Å²) in [5.74, 6) is -0.172. The summed E-state index contributed by atoms with van der Waals surface area (Å²) < 4.78 is 27.6. The predicted molar refractivity (Wildman–Crippen MR) is 134 cm³/mol. The lowest BCUT2D eigenvalue weighted by atomic mass is 9.94. The smallest absolute Gasteiger partial charge is 0.266 e. The molecule has 7 nitrogen and oxygen atoms in total. The SMILES string of the molecule is N=C1N(C2CCCCC2)CCN1S(=O)(=O)c1ccc(CCNC(=O)c2ccc(Cl)c(Cl)c2)cc1. The van der Waals surface area contributed by atoms with Gasteiger partial charge in [0.2, 0.25) is 5.96 Å². The van der Waals surface area contributed by atoms with Gasteiger partial charge in [0.25, 0.3) is 15.9 Å². The molecular weight excluding hydrogens is 495 g/mol. The van der Waals surface area contributed by atoms with Crippen LogP contribution < -0.4 is 5.32 Å². The van der Waals surface area contributed by atoms with Gasteiger partial charge in [-0.3, -0.25) is 10.2 Å². The normalized spacial score (nSPS) is 17.3. The lowest BCUT2D eigenvalue weighted by Crippen LogP contribution is -2.42. The highest BCUT2D eigenvalue weighted by Gasteiger charge is 2.38. The first kappa shape index (κ1) is 24.8. The zero-order chi connectivity index (χ0) is 24.3. The zero-order valence-electron chi connectivity index (χ0n) is 18.8. The molecule has 2 aliphatic rings. The standard InChI is InChI=1S/C24H28Cl2N4O3S/c25-21-11-8-18(16-22(21)26)23(31)28-13-12-17-6-9-20(10-7-17)34(32,33)30-15-14-29(24(30)27)19-4-2-1-3-5-19/h6-11,16,19,27H,1-5,12-15H2,(H,28,31). The largest absolute Gasteiger partial charge is 0.352 e. The average molecular weight is 523 g/mol. The van der Waals surface area contributed by atoms with Gasteiger partial charge in [-0.2, -0.15) is 0 Å². The Morgan fingerprint density at radius 2 is 1.71 bits per heavy atom. The summed E-state index contributed by atoms with van der Waals surface area (Å²) in [6, 6.07) is 11.6. The number of carbonyl (C=O) groups is 1. The molecule has 2 N–H and O–H groups in total. The van der Waals surface area contributed by atoms with Crippen LogP contribution in [-0.2, 0) is 16.4 Å². The minimum Gasteiger partial charge on any atom is -0.352 e. The van der Waals surface area contributed by atoms with Crippen LogP contribution in [0.15, 0.2) is 47.4 Å². The molecule has 1 saturated carbocycles. The summed E-state index contributed by atoms with van der Waals surface area (Å²) in [5, 5.41) is 12.0. The van der Waals surface area contributed by atoms with E-state index in [1.54, 1.807) is 36.4 Å². The molecule has 1 saturated heterocycles. The Labute approximate surface area is 210 Å². The molecule has 182 valence electrons. The van der Waals surface area contributed by atoms with Crippen LogP contribution >= 0.6 is 23.2 Å². The number of guanidine groups is 1. The van der Waals surface area contributed by atoms with Crippen molar-refractivity contribution in [2.75, 3.05) is 19.6 Å². The van der Waals surface area contributed by atoms with Crippen molar-refractivity contribution >= 4 is 45.1 Å². The maximum absolute atomic E-state index is 13.2. The van der Waals surface area contributed by atoms with E-state index >= 15 is 0 Å². The van der Waals surface area contributed by atoms with Crippen LogP contribution in [0.5, 0.6) is 0 Å². The molecule has 1 aliphatic carbocycles. The predicted octanol–water partition coefficient (Wildman–Crippen LogP) is 4.54. The van der Waals surface area contributed by atoms with E-state index in [1.165, 1.54) is 16.8 Å². The zero-order valence-corrected chi connectivity index (χ0v) is 21.1. The first-order valence-electron chi connectivity index (χ1n) is 11.5. The Hall–Kier alpha value is -2.29. The van der Waals surface area contributed by atoms with Gasteiger partial charge in [-0.1, -0.05) is 54.6 Å². The number of nitrogens with zero attached hydrogens (tertiary/aromatic N) is 2. The molecule has 2 fully saturated rings. The highest BCUT2D eigenvalue weighted by atomic mass is 35.5. The third-order valence-corrected chi connectivity index (χ3v) is 9.00. The lowest BCUT2D eigenvalue weighted by molar-refractivity contribution is 0.0954. The van der Waals surface area contributed by atoms with E-state index in [-0.39, 0.29) is 22.8 Å². The summed E-state index contributed by atoms with van der Waals surface area (Å²) in [4.78, 5) is 14.4. The first-order chi connectivity index (χ1) is 16.3. The number of benzene rings is 2. The van der Waals surface area contributed by atoms with Gasteiger partial charge in [0.05, 0.1) is 21.5 Å². The number of amides is 1. The van der Waals surface area contributed by atoms with E-state index in [2.05, 4.69) is 5.32 Å². The quantitative estimate of drug-likeness (QED) is 0.558. The van der Waals surface area contributed by atoms with Crippen molar-refractivity contribution in [3.05, 3.63) is 63.6 Å². The molecule has 1 heterocycles. The highest BCUT2D eigenvalue weighted by molar-refractivity contribution is 7.89. The lowest BCUT2D eigenvalue weighted by Gasteiger charge is -2.32. The molecule has 2 aromatic carbocycles. The van der Waals surface area contributed by atoms with Crippen molar-refractivity contribution < 1.29 is 13.2 Å². The van der Waals surface area contributed by atoms with Crippen LogP contribution in [0.4, 0.5) is 0 Å². The number of carbonyl (C=O) groups excluding carboxylic acids is 1. The van der Waals surface area contributed by atoms with E-state index < -0.39 is 10.0 Å². The number of hydrogen-bond acceptors (Lipinski definition) is 4. The summed E-state index contributed by atoms with van der Waals surface area (Å²) in [7, 11) is -3.78. The van der Waals surface area contributed by atoms with Gasteiger partial charge >= 0.3 is 0 Å². The summed E-state index contributed by atoms with van der Waals surface area (Å²) in [6.07, 6.45) is 6.07. The van der Waals surface area contributed by atoms with Crippen LogP contribution in [0.1, 0.15) is 48.0 Å². The molecule has 1 amide bonds. The maximum atomic E-state index is 13.2. The van der Waals surface area contributed by atoms with Gasteiger partial charge < -0.3 is 10.2 Å². The number of sulfonamides is 1. The third kappa shape index (κ3) is 5.34. The first-order valence-corrected chi connectivity index (χ1v) is 13.7. The minimum atomic E-state index is -3.78. The third-order valence-electron chi connectivity index (χ3n) is 6.46. The minimum absolute atomic E-state index is 0.0843. The van der Waals surface area contributed by atoms with E-state index in [0.717, 1.165) is 31.2 Å². The van der Waals surface area contributed by atoms with E-state index in [1.807, 2.05) is 4.90 Å². The van der Waals surface area contributed by atoms with Crippen molar-refractivity contribution in [2.24, 2.45) is 0 Å².